The second-order valence-electron chi connectivity index (χ2n) is 14.3. The fourth-order valence-corrected chi connectivity index (χ4v) is 8.40. The SMILES string of the molecule is N#Cc1c[nH]c2c(N3CCC(c4ccc(OCCCCN5CCC(n6ccc7c(N8CCC(=O)NC8=O)cccc76)CC5)cc4)CC3)ccc(F)c12. The van der Waals surface area contributed by atoms with Crippen LogP contribution in [0, 0.1) is 17.1 Å². The van der Waals surface area contributed by atoms with E-state index in [1.807, 2.05) is 18.2 Å². The molecule has 3 amide bonds. The van der Waals surface area contributed by atoms with Gasteiger partial charge in [-0.05, 0) is 99.0 Å². The summed E-state index contributed by atoms with van der Waals surface area (Å²) < 4.78 is 22.9. The average Bonchev–Trinajstić information content (AvgIpc) is 3.82. The Kier molecular flexibility index (Phi) is 9.56. The number of carbonyl (C=O) groups is 2. The van der Waals surface area contributed by atoms with E-state index in [-0.39, 0.29) is 17.8 Å². The molecule has 0 spiro atoms. The van der Waals surface area contributed by atoms with E-state index in [4.69, 9.17) is 4.74 Å². The van der Waals surface area contributed by atoms with Gasteiger partial charge in [0.25, 0.3) is 0 Å². The van der Waals surface area contributed by atoms with Gasteiger partial charge in [-0.2, -0.15) is 5.26 Å². The lowest BCUT2D eigenvalue weighted by Gasteiger charge is -2.34. The van der Waals surface area contributed by atoms with Gasteiger partial charge in [0, 0.05) is 63.0 Å². The molecular weight excluding hydrogens is 657 g/mol. The molecule has 52 heavy (non-hydrogen) atoms. The third-order valence-corrected chi connectivity index (χ3v) is 11.2. The van der Waals surface area contributed by atoms with Crippen LogP contribution < -0.4 is 19.9 Å². The van der Waals surface area contributed by atoms with Crippen molar-refractivity contribution in [1.29, 1.82) is 5.26 Å². The van der Waals surface area contributed by atoms with Crippen molar-refractivity contribution in [3.63, 3.8) is 0 Å². The number of nitriles is 1. The highest BCUT2D eigenvalue weighted by atomic mass is 19.1. The van der Waals surface area contributed by atoms with Crippen LogP contribution in [-0.2, 0) is 4.79 Å². The number of hydrogen-bond acceptors (Lipinski definition) is 6. The van der Waals surface area contributed by atoms with Crippen LogP contribution >= 0.6 is 0 Å². The van der Waals surface area contributed by atoms with Crippen molar-refractivity contribution in [2.24, 2.45) is 0 Å². The zero-order valence-electron chi connectivity index (χ0n) is 29.3. The molecule has 3 saturated heterocycles. The number of aromatic amines is 1. The number of piperidine rings is 2. The van der Waals surface area contributed by atoms with Crippen molar-refractivity contribution in [2.45, 2.75) is 56.9 Å². The van der Waals surface area contributed by atoms with Crippen LogP contribution in [0.4, 0.5) is 20.6 Å². The smallest absolute Gasteiger partial charge is 0.328 e. The summed E-state index contributed by atoms with van der Waals surface area (Å²) in [5, 5.41) is 13.2. The summed E-state index contributed by atoms with van der Waals surface area (Å²) in [6.45, 7) is 6.04. The summed E-state index contributed by atoms with van der Waals surface area (Å²) in [6.07, 6.45) is 10.3. The minimum atomic E-state index is -0.364. The molecule has 0 unspecified atom stereocenters. The van der Waals surface area contributed by atoms with E-state index in [1.165, 1.54) is 11.6 Å². The van der Waals surface area contributed by atoms with E-state index < -0.39 is 0 Å². The van der Waals surface area contributed by atoms with E-state index in [0.717, 1.165) is 99.3 Å². The number of benzene rings is 3. The third kappa shape index (κ3) is 6.71. The number of nitrogens with zero attached hydrogens (tertiary/aromatic N) is 5. The first-order valence-corrected chi connectivity index (χ1v) is 18.6. The lowest BCUT2D eigenvalue weighted by atomic mass is 9.89. The maximum atomic E-state index is 14.5. The van der Waals surface area contributed by atoms with Crippen molar-refractivity contribution >= 4 is 45.1 Å². The summed E-state index contributed by atoms with van der Waals surface area (Å²) >= 11 is 0. The molecule has 0 radical (unpaired) electrons. The van der Waals surface area contributed by atoms with Crippen LogP contribution in [0.3, 0.4) is 0 Å². The summed E-state index contributed by atoms with van der Waals surface area (Å²) in [5.74, 6) is 0.792. The molecule has 8 rings (SSSR count). The quantitative estimate of drug-likeness (QED) is 0.146. The molecule has 0 aliphatic carbocycles. The molecule has 5 aromatic rings. The fourth-order valence-electron chi connectivity index (χ4n) is 8.40. The summed E-state index contributed by atoms with van der Waals surface area (Å²) in [7, 11) is 0. The Hall–Kier alpha value is -5.34. The number of hydrogen-bond donors (Lipinski definition) is 2. The standard InChI is InChI=1S/C41H44FN7O3/c42-34-10-11-37(40-39(34)30(26-43)27-44-40)47-21-12-29(13-22-47)28-6-8-32(9-7-28)52-25-2-1-18-46-19-14-31(15-20-46)48-23-16-33-35(48)4-3-5-36(33)49-24-17-38(50)45-41(49)51/h3-11,16,23,27,29,31,44H,1-2,12-15,17-22,24-25H2,(H,45,50,51). The molecular formula is C41H44FN7O3. The fraction of sp³-hybridized carbons (Fsp3) is 0.390. The number of amides is 3. The second kappa shape index (κ2) is 14.7. The molecule has 0 bridgehead atoms. The zero-order valence-corrected chi connectivity index (χ0v) is 29.3. The van der Waals surface area contributed by atoms with E-state index >= 15 is 0 Å². The topological polar surface area (TPSA) is 110 Å². The van der Waals surface area contributed by atoms with E-state index in [9.17, 15) is 19.2 Å². The Morgan fingerprint density at radius 3 is 2.46 bits per heavy atom. The number of ether oxygens (including phenoxy) is 1. The highest BCUT2D eigenvalue weighted by Crippen LogP contribution is 2.36. The van der Waals surface area contributed by atoms with Gasteiger partial charge in [-0.25, -0.2) is 9.18 Å². The molecule has 10 nitrogen and oxygen atoms in total. The lowest BCUT2D eigenvalue weighted by Crippen LogP contribution is -2.49. The summed E-state index contributed by atoms with van der Waals surface area (Å²) in [5.41, 5.74) is 5.31. The maximum Gasteiger partial charge on any atom is 0.328 e. The first-order valence-electron chi connectivity index (χ1n) is 18.6. The van der Waals surface area contributed by atoms with Gasteiger partial charge in [-0.1, -0.05) is 18.2 Å². The number of nitrogens with one attached hydrogen (secondary N) is 2. The van der Waals surface area contributed by atoms with Crippen molar-refractivity contribution in [1.82, 2.24) is 19.8 Å². The van der Waals surface area contributed by atoms with Crippen LogP contribution in [0.15, 0.2) is 73.1 Å². The van der Waals surface area contributed by atoms with E-state index in [1.54, 1.807) is 11.1 Å². The van der Waals surface area contributed by atoms with Gasteiger partial charge >= 0.3 is 6.03 Å². The summed E-state index contributed by atoms with van der Waals surface area (Å²) in [6, 6.07) is 22.2. The van der Waals surface area contributed by atoms with E-state index in [2.05, 4.69) is 73.3 Å². The molecule has 2 N–H and O–H groups in total. The average molecular weight is 702 g/mol. The first kappa shape index (κ1) is 33.8. The Bertz CT molecular complexity index is 2120. The monoisotopic (exact) mass is 701 g/mol. The Balaban J connectivity index is 0.759. The molecule has 3 aliphatic heterocycles. The van der Waals surface area contributed by atoms with Crippen molar-refractivity contribution in [2.75, 3.05) is 55.7 Å². The Labute approximate surface area is 302 Å². The number of unbranched alkanes of at least 4 members (excludes halogenated alkanes) is 1. The maximum absolute atomic E-state index is 14.5. The second-order valence-corrected chi connectivity index (χ2v) is 14.3. The number of likely N-dealkylation sites (tertiary alicyclic amines) is 1. The minimum Gasteiger partial charge on any atom is -0.494 e. The lowest BCUT2D eigenvalue weighted by molar-refractivity contribution is -0.120. The Morgan fingerprint density at radius 1 is 0.885 bits per heavy atom. The van der Waals surface area contributed by atoms with Crippen LogP contribution in [-0.4, -0.2) is 72.3 Å². The third-order valence-electron chi connectivity index (χ3n) is 11.2. The number of fused-ring (bicyclic) bond motifs is 2. The minimum absolute atomic E-state index is 0.220. The van der Waals surface area contributed by atoms with Crippen LogP contribution in [0.1, 0.15) is 68.0 Å². The van der Waals surface area contributed by atoms with Crippen LogP contribution in [0.5, 0.6) is 5.75 Å². The number of rotatable bonds is 10. The molecule has 2 aromatic heterocycles. The molecule has 0 saturated carbocycles. The Morgan fingerprint density at radius 2 is 1.69 bits per heavy atom. The van der Waals surface area contributed by atoms with Crippen molar-refractivity contribution in [3.8, 4) is 11.8 Å². The van der Waals surface area contributed by atoms with Crippen LogP contribution in [0.2, 0.25) is 0 Å². The van der Waals surface area contributed by atoms with Gasteiger partial charge < -0.3 is 24.1 Å². The first-order chi connectivity index (χ1) is 25.5. The van der Waals surface area contributed by atoms with Crippen molar-refractivity contribution in [3.05, 3.63) is 90.0 Å². The van der Waals surface area contributed by atoms with Gasteiger partial charge in [0.05, 0.1) is 40.0 Å². The van der Waals surface area contributed by atoms with E-state index in [0.29, 0.717) is 48.0 Å². The van der Waals surface area contributed by atoms with Gasteiger partial charge in [0.1, 0.15) is 17.6 Å². The number of carbonyl (C=O) groups excluding carboxylic acids is 2. The zero-order chi connectivity index (χ0) is 35.6. The normalized spacial score (nSPS) is 17.9. The molecule has 11 heteroatoms. The molecule has 5 heterocycles. The molecule has 3 aliphatic rings. The number of imide groups is 1. The van der Waals surface area contributed by atoms with Crippen LogP contribution in [0.25, 0.3) is 21.8 Å². The predicted molar refractivity (Wildman–Crippen MR) is 200 cm³/mol. The molecule has 0 atom stereocenters. The predicted octanol–water partition coefficient (Wildman–Crippen LogP) is 7.46. The summed E-state index contributed by atoms with van der Waals surface area (Å²) in [4.78, 5) is 33.8. The van der Waals surface area contributed by atoms with Gasteiger partial charge in [0.2, 0.25) is 5.91 Å². The highest BCUT2D eigenvalue weighted by Gasteiger charge is 2.28. The largest absolute Gasteiger partial charge is 0.494 e. The molecule has 3 fully saturated rings. The van der Waals surface area contributed by atoms with Gasteiger partial charge in [0.15, 0.2) is 0 Å². The molecule has 268 valence electrons. The number of aromatic nitrogens is 2. The van der Waals surface area contributed by atoms with Gasteiger partial charge in [-0.15, -0.1) is 0 Å². The number of halogens is 1. The highest BCUT2D eigenvalue weighted by molar-refractivity contribution is 6.09. The number of anilines is 2. The molecule has 3 aromatic carbocycles. The number of H-pyrrole nitrogens is 1. The number of urea groups is 1. The van der Waals surface area contributed by atoms with Gasteiger partial charge in [-0.3, -0.25) is 15.0 Å². The van der Waals surface area contributed by atoms with Crippen molar-refractivity contribution < 1.29 is 18.7 Å².